The third-order valence-corrected chi connectivity index (χ3v) is 8.26. The van der Waals surface area contributed by atoms with Gasteiger partial charge in [-0.15, -0.1) is 0 Å². The molecule has 0 saturated heterocycles. The van der Waals surface area contributed by atoms with Crippen molar-refractivity contribution in [3.05, 3.63) is 0 Å². The van der Waals surface area contributed by atoms with E-state index in [0.717, 1.165) is 29.1 Å². The molecule has 1 unspecified atom stereocenters. The highest BCUT2D eigenvalue weighted by Crippen LogP contribution is 2.47. The third-order valence-electron chi connectivity index (χ3n) is 5.45. The van der Waals surface area contributed by atoms with Gasteiger partial charge in [0.1, 0.15) is 0 Å². The van der Waals surface area contributed by atoms with E-state index < -0.39 is 0 Å². The summed E-state index contributed by atoms with van der Waals surface area (Å²) in [7, 11) is 0. The molecule has 0 amide bonds. The van der Waals surface area contributed by atoms with Crippen molar-refractivity contribution in [1.82, 2.24) is 0 Å². The van der Waals surface area contributed by atoms with Gasteiger partial charge in [0, 0.05) is 11.5 Å². The van der Waals surface area contributed by atoms with E-state index in [0.29, 0.717) is 27.6 Å². The zero-order valence-electron chi connectivity index (χ0n) is 18.5. The first-order valence-electron chi connectivity index (χ1n) is 10.8. The van der Waals surface area contributed by atoms with Crippen LogP contribution in [0, 0.1) is 23.2 Å². The maximum Gasteiger partial charge on any atom is 0.219 e. The van der Waals surface area contributed by atoms with Crippen molar-refractivity contribution in [3.63, 3.8) is 0 Å². The monoisotopic (exact) mass is 464 g/mol. The molecular formula is C22H40O2S4. The lowest BCUT2D eigenvalue weighted by molar-refractivity contribution is 0.107. The van der Waals surface area contributed by atoms with E-state index >= 15 is 0 Å². The maximum atomic E-state index is 5.70. The van der Waals surface area contributed by atoms with Crippen LogP contribution in [0.2, 0.25) is 0 Å². The van der Waals surface area contributed by atoms with Crippen LogP contribution in [0.3, 0.4) is 0 Å². The van der Waals surface area contributed by atoms with Crippen molar-refractivity contribution in [1.29, 1.82) is 0 Å². The van der Waals surface area contributed by atoms with E-state index in [1.54, 1.807) is 23.5 Å². The minimum Gasteiger partial charge on any atom is -0.478 e. The van der Waals surface area contributed by atoms with Gasteiger partial charge in [-0.2, -0.15) is 0 Å². The largest absolute Gasteiger partial charge is 0.478 e. The Bertz CT molecular complexity index is 459. The Balaban J connectivity index is 2.42. The molecule has 0 spiro atoms. The molecule has 0 N–H and O–H groups in total. The van der Waals surface area contributed by atoms with Crippen molar-refractivity contribution in [2.45, 2.75) is 79.6 Å². The highest BCUT2D eigenvalue weighted by molar-refractivity contribution is 8.22. The first kappa shape index (κ1) is 26.5. The Kier molecular flexibility index (Phi) is 13.7. The van der Waals surface area contributed by atoms with Gasteiger partial charge in [0.05, 0.1) is 13.2 Å². The Labute approximate surface area is 193 Å². The van der Waals surface area contributed by atoms with E-state index in [9.17, 15) is 0 Å². The Morgan fingerprint density at radius 2 is 1.39 bits per heavy atom. The smallest absolute Gasteiger partial charge is 0.219 e. The van der Waals surface area contributed by atoms with Crippen LogP contribution in [0.4, 0.5) is 0 Å². The highest BCUT2D eigenvalue weighted by Gasteiger charge is 2.36. The number of rotatable bonds is 11. The molecule has 1 atom stereocenters. The van der Waals surface area contributed by atoms with Gasteiger partial charge in [-0.3, -0.25) is 0 Å². The molecule has 164 valence electrons. The summed E-state index contributed by atoms with van der Waals surface area (Å²) in [4.78, 5) is 0. The van der Waals surface area contributed by atoms with Gasteiger partial charge in [-0.05, 0) is 73.3 Å². The standard InChI is InChI=1S/C22H40O2S4/c1-17(2)14-23-20(25)27-13-9-12-22(10-7-6-8-11-22)19(5)16-28-21(26)24-15-18(3)4/h17-19H,6-16H2,1-5H3. The lowest BCUT2D eigenvalue weighted by Crippen LogP contribution is -2.33. The molecule has 0 aliphatic heterocycles. The predicted octanol–water partition coefficient (Wildman–Crippen LogP) is 7.73. The Hall–Kier alpha value is 0.480. The number of thioether (sulfide) groups is 2. The van der Waals surface area contributed by atoms with Crippen molar-refractivity contribution in [3.8, 4) is 0 Å². The van der Waals surface area contributed by atoms with Crippen molar-refractivity contribution in [2.75, 3.05) is 24.7 Å². The number of hydrogen-bond acceptors (Lipinski definition) is 6. The first-order chi connectivity index (χ1) is 13.2. The fraction of sp³-hybridized carbons (Fsp3) is 0.909. The quantitative estimate of drug-likeness (QED) is 0.228. The van der Waals surface area contributed by atoms with Crippen LogP contribution < -0.4 is 0 Å². The molecule has 6 heteroatoms. The fourth-order valence-corrected chi connectivity index (χ4v) is 5.84. The molecular weight excluding hydrogens is 425 g/mol. The molecule has 0 aromatic rings. The van der Waals surface area contributed by atoms with Crippen molar-refractivity contribution in [2.24, 2.45) is 23.2 Å². The number of thiocarbonyl (C=S) groups is 2. The van der Waals surface area contributed by atoms with Crippen LogP contribution in [0.25, 0.3) is 0 Å². The second-order valence-electron chi connectivity index (χ2n) is 9.00. The molecule has 0 bridgehead atoms. The SMILES string of the molecule is CC(C)COC(=S)SCCCC1(C(C)CSC(=S)OCC(C)C)CCCCC1. The van der Waals surface area contributed by atoms with Crippen molar-refractivity contribution >= 4 is 56.7 Å². The van der Waals surface area contributed by atoms with E-state index in [-0.39, 0.29) is 0 Å². The first-order valence-corrected chi connectivity index (χ1v) is 13.6. The molecule has 1 rings (SSSR count). The molecule has 1 aliphatic carbocycles. The van der Waals surface area contributed by atoms with Gasteiger partial charge in [-0.25, -0.2) is 0 Å². The summed E-state index contributed by atoms with van der Waals surface area (Å²) in [5, 5.41) is 0. The minimum atomic E-state index is 0.458. The molecule has 0 radical (unpaired) electrons. The van der Waals surface area contributed by atoms with Crippen LogP contribution in [-0.2, 0) is 9.47 Å². The van der Waals surface area contributed by atoms with Gasteiger partial charge in [0.15, 0.2) is 0 Å². The van der Waals surface area contributed by atoms with Gasteiger partial charge in [0.2, 0.25) is 8.77 Å². The van der Waals surface area contributed by atoms with Gasteiger partial charge >= 0.3 is 0 Å². The van der Waals surface area contributed by atoms with Crippen LogP contribution in [0.5, 0.6) is 0 Å². The summed E-state index contributed by atoms with van der Waals surface area (Å²) in [5.41, 5.74) is 0.458. The van der Waals surface area contributed by atoms with E-state index in [2.05, 4.69) is 34.6 Å². The van der Waals surface area contributed by atoms with Gasteiger partial charge in [-0.1, -0.05) is 77.4 Å². The Morgan fingerprint density at radius 3 is 1.93 bits per heavy atom. The molecule has 1 saturated carbocycles. The third kappa shape index (κ3) is 11.0. The number of hydrogen-bond donors (Lipinski definition) is 0. The van der Waals surface area contributed by atoms with E-state index in [1.807, 2.05) is 0 Å². The molecule has 28 heavy (non-hydrogen) atoms. The normalized spacial score (nSPS) is 17.5. The summed E-state index contributed by atoms with van der Waals surface area (Å²) in [5.74, 6) is 3.84. The summed E-state index contributed by atoms with van der Waals surface area (Å²) in [6, 6.07) is 0. The molecule has 1 fully saturated rings. The molecule has 0 heterocycles. The van der Waals surface area contributed by atoms with Crippen molar-refractivity contribution < 1.29 is 9.47 Å². The second-order valence-corrected chi connectivity index (χ2v) is 12.3. The van der Waals surface area contributed by atoms with E-state index in [1.165, 1.54) is 44.9 Å². The zero-order chi connectivity index (χ0) is 21.0. The lowest BCUT2D eigenvalue weighted by atomic mass is 9.64. The second kappa shape index (κ2) is 14.5. The fourth-order valence-electron chi connectivity index (χ4n) is 3.75. The zero-order valence-corrected chi connectivity index (χ0v) is 21.7. The average Bonchev–Trinajstić information content (AvgIpc) is 2.66. The topological polar surface area (TPSA) is 18.5 Å². The Morgan fingerprint density at radius 1 is 0.857 bits per heavy atom. The van der Waals surface area contributed by atoms with Crippen LogP contribution in [0.15, 0.2) is 0 Å². The average molecular weight is 465 g/mol. The van der Waals surface area contributed by atoms with Gasteiger partial charge in [0.25, 0.3) is 0 Å². The molecule has 2 nitrogen and oxygen atoms in total. The maximum absolute atomic E-state index is 5.70. The van der Waals surface area contributed by atoms with Crippen LogP contribution in [-0.4, -0.2) is 33.5 Å². The van der Waals surface area contributed by atoms with Crippen LogP contribution >= 0.6 is 48.0 Å². The summed E-state index contributed by atoms with van der Waals surface area (Å²) >= 11 is 14.2. The minimum absolute atomic E-state index is 0.458. The summed E-state index contributed by atoms with van der Waals surface area (Å²) in [6.07, 6.45) is 9.33. The van der Waals surface area contributed by atoms with Crippen LogP contribution in [0.1, 0.15) is 79.6 Å². The van der Waals surface area contributed by atoms with E-state index in [4.69, 9.17) is 33.9 Å². The number of ether oxygens (including phenoxy) is 2. The summed E-state index contributed by atoms with van der Waals surface area (Å²) < 4.78 is 12.8. The summed E-state index contributed by atoms with van der Waals surface area (Å²) in [6.45, 7) is 12.5. The molecule has 0 aromatic carbocycles. The predicted molar refractivity (Wildman–Crippen MR) is 136 cm³/mol. The lowest BCUT2D eigenvalue weighted by Gasteiger charge is -2.42. The molecule has 1 aliphatic rings. The highest BCUT2D eigenvalue weighted by atomic mass is 32.2. The van der Waals surface area contributed by atoms with Gasteiger partial charge < -0.3 is 9.47 Å². The molecule has 0 aromatic heterocycles.